The van der Waals surface area contributed by atoms with E-state index in [0.717, 1.165) is 0 Å². The average molecular weight is 641 g/mol. The molecule has 0 bridgehead atoms. The molecule has 0 fully saturated rings. The van der Waals surface area contributed by atoms with Crippen molar-refractivity contribution < 1.29 is 5.11 Å². The summed E-state index contributed by atoms with van der Waals surface area (Å²) in [6.07, 6.45) is -0.0514. The molecular formula is C10H8Cl14O. The second kappa shape index (κ2) is 8.87. The summed E-state index contributed by atoms with van der Waals surface area (Å²) < 4.78 is -17.8. The predicted octanol–water partition coefficient (Wildman–Crippen LogP) is 8.61. The molecule has 0 aromatic carbocycles. The number of alkyl halides is 14. The lowest BCUT2D eigenvalue weighted by molar-refractivity contribution is 0.262. The van der Waals surface area contributed by atoms with Crippen LogP contribution in [0.4, 0.5) is 0 Å². The Kier molecular flexibility index (Phi) is 10.3. The van der Waals surface area contributed by atoms with E-state index in [1.165, 1.54) is 6.92 Å². The van der Waals surface area contributed by atoms with Crippen molar-refractivity contribution in [2.24, 2.45) is 0 Å². The minimum absolute atomic E-state index is 0.0514. The first-order valence-corrected chi connectivity index (χ1v) is 11.2. The van der Waals surface area contributed by atoms with E-state index in [1.807, 2.05) is 0 Å². The molecule has 152 valence electrons. The lowest BCUT2D eigenvalue weighted by Gasteiger charge is -2.53. The second-order valence-electron chi connectivity index (χ2n) is 4.79. The molecule has 0 aromatic rings. The third-order valence-corrected chi connectivity index (χ3v) is 13.2. The normalized spacial score (nSPS) is 16.3. The van der Waals surface area contributed by atoms with Crippen molar-refractivity contribution in [3.8, 4) is 0 Å². The van der Waals surface area contributed by atoms with Gasteiger partial charge in [0.1, 0.15) is 0 Å². The summed E-state index contributed by atoms with van der Waals surface area (Å²) in [6, 6.07) is 0. The monoisotopic (exact) mass is 634 g/mol. The third-order valence-electron chi connectivity index (χ3n) is 3.14. The zero-order chi connectivity index (χ0) is 20.9. The summed E-state index contributed by atoms with van der Waals surface area (Å²) in [5.74, 6) is 0. The molecule has 0 rings (SSSR count). The molecule has 0 unspecified atom stereocenters. The minimum Gasteiger partial charge on any atom is -0.393 e. The fraction of sp³-hybridized carbons (Fsp3) is 1.00. The van der Waals surface area contributed by atoms with Crippen LogP contribution < -0.4 is 0 Å². The quantitative estimate of drug-likeness (QED) is 0.264. The summed E-state index contributed by atoms with van der Waals surface area (Å²) in [7, 11) is 0. The Morgan fingerprint density at radius 3 is 0.960 bits per heavy atom. The number of halogens is 14. The molecule has 0 spiro atoms. The van der Waals surface area contributed by atoms with Crippen LogP contribution in [0.5, 0.6) is 0 Å². The number of hydrogen-bond acceptors (Lipinski definition) is 1. The van der Waals surface area contributed by atoms with Gasteiger partial charge in [-0.05, 0) is 6.42 Å². The molecule has 15 heteroatoms. The largest absolute Gasteiger partial charge is 0.393 e. The molecule has 0 aliphatic heterocycles. The summed E-state index contributed by atoms with van der Waals surface area (Å²) in [4.78, 5) is 0. The molecule has 1 nitrogen and oxygen atoms in total. The topological polar surface area (TPSA) is 20.2 Å². The fourth-order valence-corrected chi connectivity index (χ4v) is 5.64. The molecule has 0 saturated heterocycles. The van der Waals surface area contributed by atoms with Gasteiger partial charge < -0.3 is 5.11 Å². The Hall–Kier alpha value is 4.02. The lowest BCUT2D eigenvalue weighted by Crippen LogP contribution is -2.69. The van der Waals surface area contributed by atoms with Gasteiger partial charge in [0.15, 0.2) is 30.3 Å². The van der Waals surface area contributed by atoms with E-state index in [-0.39, 0.29) is 6.42 Å². The number of aliphatic hydroxyl groups excluding tert-OH is 1. The van der Waals surface area contributed by atoms with Gasteiger partial charge in [0.2, 0.25) is 0 Å². The third kappa shape index (κ3) is 4.63. The molecule has 25 heavy (non-hydrogen) atoms. The number of rotatable bonds is 8. The molecule has 1 N–H and O–H groups in total. The van der Waals surface area contributed by atoms with Gasteiger partial charge in [0.05, 0.1) is 6.61 Å². The van der Waals surface area contributed by atoms with Gasteiger partial charge in [-0.2, -0.15) is 0 Å². The average Bonchev–Trinajstić information content (AvgIpc) is 2.45. The first-order valence-electron chi connectivity index (χ1n) is 5.88. The van der Waals surface area contributed by atoms with Crippen LogP contribution in [0.2, 0.25) is 0 Å². The maximum Gasteiger partial charge on any atom is 0.189 e. The molecular weight excluding hydrogens is 632 g/mol. The molecule has 0 radical (unpaired) electrons. The molecule has 0 atom stereocenters. The van der Waals surface area contributed by atoms with Crippen molar-refractivity contribution in [2.45, 2.75) is 43.7 Å². The highest BCUT2D eigenvalue weighted by Crippen LogP contribution is 2.70. The van der Waals surface area contributed by atoms with Crippen LogP contribution in [0.25, 0.3) is 0 Å². The van der Waals surface area contributed by atoms with E-state index in [9.17, 15) is 5.11 Å². The van der Waals surface area contributed by atoms with Crippen molar-refractivity contribution in [3.63, 3.8) is 0 Å². The maximum absolute atomic E-state index is 9.29. The highest BCUT2D eigenvalue weighted by atomic mass is 35.6. The summed E-state index contributed by atoms with van der Waals surface area (Å²) >= 11 is 85.3. The summed E-state index contributed by atoms with van der Waals surface area (Å²) in [5.41, 5.74) is 0. The molecule has 0 amide bonds. The maximum atomic E-state index is 9.29. The zero-order valence-corrected chi connectivity index (χ0v) is 22.2. The van der Waals surface area contributed by atoms with E-state index in [2.05, 4.69) is 0 Å². The van der Waals surface area contributed by atoms with Crippen LogP contribution in [0.1, 0.15) is 13.3 Å². The second-order valence-corrected chi connectivity index (χ2v) is 14.4. The highest BCUT2D eigenvalue weighted by Gasteiger charge is 2.78. The van der Waals surface area contributed by atoms with Gasteiger partial charge in [0, 0.05) is 0 Å². The van der Waals surface area contributed by atoms with Crippen molar-refractivity contribution in [1.82, 2.24) is 0 Å². The van der Waals surface area contributed by atoms with Gasteiger partial charge in [-0.25, -0.2) is 0 Å². The zero-order valence-electron chi connectivity index (χ0n) is 11.7. The molecule has 0 aliphatic rings. The van der Waals surface area contributed by atoms with Crippen molar-refractivity contribution in [2.75, 3.05) is 6.61 Å². The Labute approximate surface area is 215 Å². The van der Waals surface area contributed by atoms with Gasteiger partial charge in [-0.3, -0.25) is 0 Å². The Bertz CT molecular complexity index is 440. The Morgan fingerprint density at radius 2 is 0.720 bits per heavy atom. The van der Waals surface area contributed by atoms with Gasteiger partial charge in [-0.15, -0.1) is 0 Å². The van der Waals surface area contributed by atoms with E-state index in [4.69, 9.17) is 162 Å². The molecule has 0 aromatic heterocycles. The number of aliphatic hydroxyl groups is 1. The van der Waals surface area contributed by atoms with Crippen LogP contribution in [-0.2, 0) is 0 Å². The van der Waals surface area contributed by atoms with Crippen LogP contribution in [-0.4, -0.2) is 42.0 Å². The molecule has 0 aliphatic carbocycles. The van der Waals surface area contributed by atoms with E-state index in [0.29, 0.717) is 0 Å². The van der Waals surface area contributed by atoms with Crippen LogP contribution >= 0.6 is 162 Å². The van der Waals surface area contributed by atoms with Gasteiger partial charge in [-0.1, -0.05) is 169 Å². The molecule has 0 heterocycles. The number of hydrogen-bond donors (Lipinski definition) is 1. The van der Waals surface area contributed by atoms with Crippen LogP contribution in [0.3, 0.4) is 0 Å². The first kappa shape index (κ1) is 29.0. The minimum atomic E-state index is -2.80. The van der Waals surface area contributed by atoms with Gasteiger partial charge in [0.25, 0.3) is 0 Å². The van der Waals surface area contributed by atoms with Crippen molar-refractivity contribution in [3.05, 3.63) is 0 Å². The van der Waals surface area contributed by atoms with E-state index in [1.54, 1.807) is 0 Å². The van der Waals surface area contributed by atoms with E-state index < -0.39 is 36.9 Å². The first-order chi connectivity index (χ1) is 10.6. The molecule has 0 saturated carbocycles. The standard InChI is InChI=1S/C10H8Cl14O/c1-2-4(11,12)6(15,16)8(19,20)10(23,24)9(21,22)7(17,18)5(13,14)3-25/h25H,2-3H2,1H3. The van der Waals surface area contributed by atoms with Crippen molar-refractivity contribution >= 4 is 162 Å². The van der Waals surface area contributed by atoms with Crippen molar-refractivity contribution in [1.29, 1.82) is 0 Å². The summed E-state index contributed by atoms with van der Waals surface area (Å²) in [6.45, 7) is 0.506. The van der Waals surface area contributed by atoms with Crippen LogP contribution in [0.15, 0.2) is 0 Å². The van der Waals surface area contributed by atoms with E-state index >= 15 is 0 Å². The lowest BCUT2D eigenvalue weighted by atomic mass is 10.0. The SMILES string of the molecule is CCC(Cl)(Cl)C(Cl)(Cl)C(Cl)(Cl)C(Cl)(Cl)C(Cl)(Cl)C(Cl)(Cl)C(Cl)(Cl)CO. The summed E-state index contributed by atoms with van der Waals surface area (Å²) in [5, 5.41) is 9.29. The van der Waals surface area contributed by atoms with Gasteiger partial charge >= 0.3 is 0 Å². The Morgan fingerprint density at radius 1 is 0.480 bits per heavy atom. The fourth-order valence-electron chi connectivity index (χ4n) is 1.37. The Balaban J connectivity index is 6.46. The highest BCUT2D eigenvalue weighted by molar-refractivity contribution is 6.79. The smallest absolute Gasteiger partial charge is 0.189 e. The predicted molar refractivity (Wildman–Crippen MR) is 118 cm³/mol. The van der Waals surface area contributed by atoms with Crippen LogP contribution in [0, 0.1) is 0 Å².